The van der Waals surface area contributed by atoms with Crippen molar-refractivity contribution in [2.24, 2.45) is 0 Å². The molecule has 17 heavy (non-hydrogen) atoms. The number of phenolic OH excluding ortho intramolecular Hbond substituents is 1. The van der Waals surface area contributed by atoms with Crippen molar-refractivity contribution in [1.29, 1.82) is 0 Å². The Morgan fingerprint density at radius 3 is 2.76 bits per heavy atom. The van der Waals surface area contributed by atoms with Crippen molar-refractivity contribution in [3.8, 4) is 17.0 Å². The van der Waals surface area contributed by atoms with Gasteiger partial charge in [-0.05, 0) is 28.1 Å². The Bertz CT molecular complexity index is 596. The molecule has 0 radical (unpaired) electrons. The van der Waals surface area contributed by atoms with Crippen molar-refractivity contribution in [2.45, 2.75) is 0 Å². The highest BCUT2D eigenvalue weighted by atomic mass is 79.9. The minimum absolute atomic E-state index is 0.0845. The predicted octanol–water partition coefficient (Wildman–Crippen LogP) is 2.65. The highest BCUT2D eigenvalue weighted by Gasteiger charge is 2.19. The molecule has 2 N–H and O–H groups in total. The third-order valence-corrected chi connectivity index (χ3v) is 2.66. The van der Waals surface area contributed by atoms with E-state index in [1.54, 1.807) is 0 Å². The second-order valence-electron chi connectivity index (χ2n) is 3.14. The normalized spacial score (nSPS) is 10.5. The quantitative estimate of drug-likeness (QED) is 0.891. The first-order valence-electron chi connectivity index (χ1n) is 4.38. The lowest BCUT2D eigenvalue weighted by molar-refractivity contribution is 0.0652. The molecule has 2 aromatic rings. The zero-order chi connectivity index (χ0) is 12.6. The number of hydrogen-bond acceptors (Lipinski definition) is 4. The maximum absolute atomic E-state index is 13.7. The van der Waals surface area contributed by atoms with E-state index in [0.717, 1.165) is 6.07 Å². The molecule has 1 aromatic carbocycles. The minimum atomic E-state index is -1.32. The van der Waals surface area contributed by atoms with Gasteiger partial charge in [-0.2, -0.15) is 0 Å². The average molecular weight is 302 g/mol. The lowest BCUT2D eigenvalue weighted by Gasteiger charge is -2.03. The number of rotatable bonds is 2. The number of aromatic nitrogens is 1. The Balaban J connectivity index is 2.60. The molecule has 7 heteroatoms. The Hall–Kier alpha value is -1.89. The van der Waals surface area contributed by atoms with Crippen LogP contribution >= 0.6 is 15.9 Å². The van der Waals surface area contributed by atoms with Gasteiger partial charge >= 0.3 is 5.97 Å². The number of nitrogens with zero attached hydrogens (tertiary/aromatic N) is 1. The first kappa shape index (κ1) is 11.6. The molecule has 0 spiro atoms. The van der Waals surface area contributed by atoms with Crippen molar-refractivity contribution in [1.82, 2.24) is 5.16 Å². The van der Waals surface area contributed by atoms with Crippen LogP contribution in [0.4, 0.5) is 4.39 Å². The molecule has 2 rings (SSSR count). The van der Waals surface area contributed by atoms with Crippen molar-refractivity contribution in [3.63, 3.8) is 0 Å². The standard InChI is InChI=1S/C10H5BrFNO4/c11-4-1-2-6(14)8(9(4)12)5-3-7(10(15)16)17-13-5/h1-3,14H,(H,15,16). The number of carboxylic acids is 1. The van der Waals surface area contributed by atoms with Gasteiger partial charge in [0.25, 0.3) is 0 Å². The van der Waals surface area contributed by atoms with E-state index >= 15 is 0 Å². The molecule has 0 aliphatic rings. The van der Waals surface area contributed by atoms with Gasteiger partial charge in [0, 0.05) is 6.07 Å². The molecule has 1 heterocycles. The Morgan fingerprint density at radius 1 is 1.47 bits per heavy atom. The zero-order valence-corrected chi connectivity index (χ0v) is 9.73. The van der Waals surface area contributed by atoms with Crippen LogP contribution in [0.5, 0.6) is 5.75 Å². The van der Waals surface area contributed by atoms with Crippen LogP contribution in [-0.4, -0.2) is 21.3 Å². The van der Waals surface area contributed by atoms with E-state index in [9.17, 15) is 14.3 Å². The van der Waals surface area contributed by atoms with Crippen LogP contribution < -0.4 is 0 Å². The molecule has 0 unspecified atom stereocenters. The van der Waals surface area contributed by atoms with Gasteiger partial charge in [0.05, 0.1) is 10.0 Å². The minimum Gasteiger partial charge on any atom is -0.507 e. The molecular weight excluding hydrogens is 297 g/mol. The topological polar surface area (TPSA) is 83.6 Å². The highest BCUT2D eigenvalue weighted by Crippen LogP contribution is 2.35. The second kappa shape index (κ2) is 4.17. The van der Waals surface area contributed by atoms with Crippen LogP contribution in [0.2, 0.25) is 0 Å². The first-order chi connectivity index (χ1) is 8.00. The summed E-state index contributed by atoms with van der Waals surface area (Å²) in [4.78, 5) is 10.6. The van der Waals surface area contributed by atoms with Gasteiger partial charge in [0.15, 0.2) is 5.82 Å². The van der Waals surface area contributed by atoms with Crippen LogP contribution in [-0.2, 0) is 0 Å². The molecule has 0 amide bonds. The van der Waals surface area contributed by atoms with E-state index in [4.69, 9.17) is 5.11 Å². The molecular formula is C10H5BrFNO4. The summed E-state index contributed by atoms with van der Waals surface area (Å²) in [6.07, 6.45) is 0. The molecule has 1 aromatic heterocycles. The van der Waals surface area contributed by atoms with E-state index < -0.39 is 17.5 Å². The molecule has 5 nitrogen and oxygen atoms in total. The van der Waals surface area contributed by atoms with Crippen LogP contribution in [0.25, 0.3) is 11.3 Å². The summed E-state index contributed by atoms with van der Waals surface area (Å²) in [5.74, 6) is -2.84. The average Bonchev–Trinajstić information content (AvgIpc) is 2.73. The summed E-state index contributed by atoms with van der Waals surface area (Å²) >= 11 is 2.95. The molecule has 0 aliphatic carbocycles. The number of halogens is 2. The number of aromatic hydroxyl groups is 1. The van der Waals surface area contributed by atoms with E-state index in [1.165, 1.54) is 12.1 Å². The molecule has 0 aliphatic heterocycles. The van der Waals surface area contributed by atoms with Gasteiger partial charge in [0.1, 0.15) is 11.4 Å². The Morgan fingerprint density at radius 2 is 2.18 bits per heavy atom. The first-order valence-corrected chi connectivity index (χ1v) is 5.17. The smallest absolute Gasteiger partial charge is 0.374 e. The van der Waals surface area contributed by atoms with Gasteiger partial charge in [-0.25, -0.2) is 9.18 Å². The molecule has 88 valence electrons. The van der Waals surface area contributed by atoms with Gasteiger partial charge in [-0.15, -0.1) is 0 Å². The van der Waals surface area contributed by atoms with E-state index in [-0.39, 0.29) is 21.5 Å². The fourth-order valence-electron chi connectivity index (χ4n) is 1.28. The monoisotopic (exact) mass is 301 g/mol. The van der Waals surface area contributed by atoms with Crippen molar-refractivity contribution in [3.05, 3.63) is 34.2 Å². The fourth-order valence-corrected chi connectivity index (χ4v) is 1.61. The lowest BCUT2D eigenvalue weighted by atomic mass is 10.1. The maximum atomic E-state index is 13.7. The summed E-state index contributed by atoms with van der Waals surface area (Å²) in [6, 6.07) is 3.62. The molecule has 0 fully saturated rings. The van der Waals surface area contributed by atoms with E-state index in [1.807, 2.05) is 0 Å². The van der Waals surface area contributed by atoms with Crippen LogP contribution in [0.1, 0.15) is 10.6 Å². The van der Waals surface area contributed by atoms with Gasteiger partial charge in [-0.1, -0.05) is 5.16 Å². The number of phenols is 1. The summed E-state index contributed by atoms with van der Waals surface area (Å²) in [5, 5.41) is 21.6. The van der Waals surface area contributed by atoms with Gasteiger partial charge in [-0.3, -0.25) is 0 Å². The van der Waals surface area contributed by atoms with Gasteiger partial charge < -0.3 is 14.7 Å². The number of hydrogen-bond donors (Lipinski definition) is 2. The highest BCUT2D eigenvalue weighted by molar-refractivity contribution is 9.10. The Kier molecular flexibility index (Phi) is 2.84. The van der Waals surface area contributed by atoms with Gasteiger partial charge in [0.2, 0.25) is 5.76 Å². The maximum Gasteiger partial charge on any atom is 0.374 e. The zero-order valence-electron chi connectivity index (χ0n) is 8.15. The van der Waals surface area contributed by atoms with Crippen LogP contribution in [0, 0.1) is 5.82 Å². The van der Waals surface area contributed by atoms with E-state index in [2.05, 4.69) is 25.6 Å². The number of benzene rings is 1. The predicted molar refractivity (Wildman–Crippen MR) is 58.2 cm³/mol. The van der Waals surface area contributed by atoms with Crippen molar-refractivity contribution < 1.29 is 23.9 Å². The van der Waals surface area contributed by atoms with Crippen LogP contribution in [0.3, 0.4) is 0 Å². The van der Waals surface area contributed by atoms with E-state index in [0.29, 0.717) is 0 Å². The SMILES string of the molecule is O=C(O)c1cc(-c2c(O)ccc(Br)c2F)no1. The number of carboxylic acid groups (broad SMARTS) is 1. The second-order valence-corrected chi connectivity index (χ2v) is 3.99. The number of carbonyl (C=O) groups is 1. The lowest BCUT2D eigenvalue weighted by Crippen LogP contribution is -1.92. The Labute approximate surface area is 103 Å². The number of aromatic carboxylic acids is 1. The van der Waals surface area contributed by atoms with Crippen molar-refractivity contribution >= 4 is 21.9 Å². The fraction of sp³-hybridized carbons (Fsp3) is 0. The summed E-state index contributed by atoms with van der Waals surface area (Å²) in [6.45, 7) is 0. The molecule has 0 saturated heterocycles. The summed E-state index contributed by atoms with van der Waals surface area (Å²) < 4.78 is 18.3. The third kappa shape index (κ3) is 2.01. The van der Waals surface area contributed by atoms with Crippen LogP contribution in [0.15, 0.2) is 27.2 Å². The summed E-state index contributed by atoms with van der Waals surface area (Å²) in [5.41, 5.74) is -0.297. The largest absolute Gasteiger partial charge is 0.507 e. The molecule has 0 bridgehead atoms. The summed E-state index contributed by atoms with van der Waals surface area (Å²) in [7, 11) is 0. The third-order valence-electron chi connectivity index (χ3n) is 2.05. The van der Waals surface area contributed by atoms with Crippen molar-refractivity contribution in [2.75, 3.05) is 0 Å². The molecule has 0 saturated carbocycles. The molecule has 0 atom stereocenters.